The number of benzene rings is 1. The van der Waals surface area contributed by atoms with Gasteiger partial charge in [-0.1, -0.05) is 35.3 Å². The minimum absolute atomic E-state index is 0.0468. The summed E-state index contributed by atoms with van der Waals surface area (Å²) in [6.45, 7) is 1.06. The third-order valence-electron chi connectivity index (χ3n) is 4.76. The van der Waals surface area contributed by atoms with Crippen molar-refractivity contribution in [2.24, 2.45) is 0 Å². The van der Waals surface area contributed by atoms with Crippen molar-refractivity contribution in [2.45, 2.75) is 18.9 Å². The Balaban J connectivity index is 1.54. The molecule has 1 N–H and O–H groups in total. The van der Waals surface area contributed by atoms with Crippen molar-refractivity contribution in [2.75, 3.05) is 13.1 Å². The van der Waals surface area contributed by atoms with E-state index in [9.17, 15) is 9.59 Å². The number of aromatic nitrogens is 3. The molecule has 1 amide bonds. The smallest absolute Gasteiger partial charge is 0.326 e. The van der Waals surface area contributed by atoms with Crippen molar-refractivity contribution in [3.05, 3.63) is 62.8 Å². The molecule has 0 aliphatic carbocycles. The molecule has 0 radical (unpaired) electrons. The monoisotopic (exact) mass is 390 g/mol. The number of imidazole rings is 1. The number of nitrogens with one attached hydrogen (secondary N) is 1. The Morgan fingerprint density at radius 2 is 1.85 bits per heavy atom. The van der Waals surface area contributed by atoms with Gasteiger partial charge in [0.2, 0.25) is 0 Å². The van der Waals surface area contributed by atoms with Crippen molar-refractivity contribution in [1.82, 2.24) is 19.4 Å². The molecule has 0 spiro atoms. The number of halogens is 2. The molecule has 1 fully saturated rings. The van der Waals surface area contributed by atoms with E-state index in [0.29, 0.717) is 25.9 Å². The number of amides is 1. The first kappa shape index (κ1) is 17.1. The summed E-state index contributed by atoms with van der Waals surface area (Å²) in [5.41, 5.74) is 1.77. The second-order valence-corrected chi connectivity index (χ2v) is 7.10. The zero-order chi connectivity index (χ0) is 18.3. The molecule has 134 valence electrons. The molecule has 0 bridgehead atoms. The average molecular weight is 391 g/mol. The van der Waals surface area contributed by atoms with Crippen LogP contribution >= 0.6 is 23.2 Å². The van der Waals surface area contributed by atoms with E-state index in [4.69, 9.17) is 23.2 Å². The molecule has 6 nitrogen and oxygen atoms in total. The second-order valence-electron chi connectivity index (χ2n) is 6.31. The van der Waals surface area contributed by atoms with Gasteiger partial charge in [0.15, 0.2) is 0 Å². The number of para-hydroxylation sites is 2. The van der Waals surface area contributed by atoms with Gasteiger partial charge in [-0.05, 0) is 37.1 Å². The Bertz CT molecular complexity index is 1040. The van der Waals surface area contributed by atoms with Crippen LogP contribution in [-0.4, -0.2) is 38.4 Å². The lowest BCUT2D eigenvalue weighted by Gasteiger charge is -2.32. The SMILES string of the molecule is O=C(c1nc(Cl)ccc1Cl)N1CCC(n2c(=O)[nH]c3ccccc32)CC1. The van der Waals surface area contributed by atoms with Crippen LogP contribution in [0, 0.1) is 0 Å². The van der Waals surface area contributed by atoms with Crippen LogP contribution in [0.2, 0.25) is 10.2 Å². The number of aromatic amines is 1. The fourth-order valence-electron chi connectivity index (χ4n) is 3.48. The number of fused-ring (bicyclic) bond motifs is 1. The molecule has 26 heavy (non-hydrogen) atoms. The van der Waals surface area contributed by atoms with Crippen molar-refractivity contribution in [3.63, 3.8) is 0 Å². The topological polar surface area (TPSA) is 71.0 Å². The average Bonchev–Trinajstić information content (AvgIpc) is 2.99. The van der Waals surface area contributed by atoms with Crippen LogP contribution in [-0.2, 0) is 0 Å². The molecule has 0 saturated carbocycles. The zero-order valence-electron chi connectivity index (χ0n) is 13.8. The molecule has 0 atom stereocenters. The van der Waals surface area contributed by atoms with Crippen LogP contribution in [0.3, 0.4) is 0 Å². The number of H-pyrrole nitrogens is 1. The number of piperidine rings is 1. The Morgan fingerprint density at radius 1 is 1.12 bits per heavy atom. The van der Waals surface area contributed by atoms with E-state index in [0.717, 1.165) is 11.0 Å². The van der Waals surface area contributed by atoms with Gasteiger partial charge in [0, 0.05) is 19.1 Å². The van der Waals surface area contributed by atoms with Crippen molar-refractivity contribution in [3.8, 4) is 0 Å². The molecule has 2 aromatic heterocycles. The maximum atomic E-state index is 12.7. The lowest BCUT2D eigenvalue weighted by molar-refractivity contribution is 0.0689. The predicted octanol–water partition coefficient (Wildman–Crippen LogP) is 3.51. The third kappa shape index (κ3) is 2.99. The predicted molar refractivity (Wildman–Crippen MR) is 101 cm³/mol. The van der Waals surface area contributed by atoms with Crippen LogP contribution in [0.1, 0.15) is 29.4 Å². The first-order chi connectivity index (χ1) is 12.5. The normalized spacial score (nSPS) is 15.5. The lowest BCUT2D eigenvalue weighted by atomic mass is 10.0. The third-order valence-corrected chi connectivity index (χ3v) is 5.27. The van der Waals surface area contributed by atoms with E-state index >= 15 is 0 Å². The van der Waals surface area contributed by atoms with Gasteiger partial charge in [0.1, 0.15) is 10.8 Å². The first-order valence-corrected chi connectivity index (χ1v) is 9.11. The lowest BCUT2D eigenvalue weighted by Crippen LogP contribution is -2.40. The fraction of sp³-hybridized carbons (Fsp3) is 0.278. The summed E-state index contributed by atoms with van der Waals surface area (Å²) >= 11 is 12.0. The molecule has 0 unspecified atom stereocenters. The van der Waals surface area contributed by atoms with Gasteiger partial charge >= 0.3 is 5.69 Å². The second kappa shape index (κ2) is 6.78. The minimum Gasteiger partial charge on any atom is -0.337 e. The molecule has 1 aliphatic rings. The van der Waals surface area contributed by atoms with Crippen molar-refractivity contribution >= 4 is 40.1 Å². The number of carbonyl (C=O) groups is 1. The summed E-state index contributed by atoms with van der Waals surface area (Å²) in [4.78, 5) is 33.7. The highest BCUT2D eigenvalue weighted by molar-refractivity contribution is 6.34. The number of hydrogen-bond donors (Lipinski definition) is 1. The fourth-order valence-corrected chi connectivity index (χ4v) is 3.82. The number of rotatable bonds is 2. The maximum absolute atomic E-state index is 12.7. The Hall–Kier alpha value is -2.31. The standard InChI is InChI=1S/C18H16Cl2N4O2/c19-12-5-6-15(20)22-16(12)17(25)23-9-7-11(8-10-23)24-14-4-2-1-3-13(14)21-18(24)26/h1-6,11H,7-10H2,(H,21,26). The highest BCUT2D eigenvalue weighted by atomic mass is 35.5. The van der Waals surface area contributed by atoms with Crippen molar-refractivity contribution in [1.29, 1.82) is 0 Å². The van der Waals surface area contributed by atoms with Crippen LogP contribution in [0.4, 0.5) is 0 Å². The number of hydrogen-bond acceptors (Lipinski definition) is 3. The summed E-state index contributed by atoms with van der Waals surface area (Å²) in [5, 5.41) is 0.521. The number of carbonyl (C=O) groups excluding carboxylic acids is 1. The summed E-state index contributed by atoms with van der Waals surface area (Å²) in [5.74, 6) is -0.234. The highest BCUT2D eigenvalue weighted by Gasteiger charge is 2.28. The molecule has 1 saturated heterocycles. The quantitative estimate of drug-likeness (QED) is 0.680. The van der Waals surface area contributed by atoms with Crippen LogP contribution in [0.5, 0.6) is 0 Å². The Kier molecular flexibility index (Phi) is 4.46. The van der Waals surface area contributed by atoms with E-state index in [2.05, 4.69) is 9.97 Å². The summed E-state index contributed by atoms with van der Waals surface area (Å²) in [6, 6.07) is 10.8. The van der Waals surface area contributed by atoms with Gasteiger partial charge in [0.25, 0.3) is 5.91 Å². The minimum atomic E-state index is -0.234. The maximum Gasteiger partial charge on any atom is 0.326 e. The molecule has 1 aliphatic heterocycles. The molecular formula is C18H16Cl2N4O2. The van der Waals surface area contributed by atoms with E-state index in [1.54, 1.807) is 21.6 Å². The molecule has 3 heterocycles. The van der Waals surface area contributed by atoms with Gasteiger partial charge in [-0.2, -0.15) is 0 Å². The van der Waals surface area contributed by atoms with Crippen LogP contribution in [0.25, 0.3) is 11.0 Å². The largest absolute Gasteiger partial charge is 0.337 e. The van der Waals surface area contributed by atoms with Gasteiger partial charge in [0.05, 0.1) is 16.1 Å². The van der Waals surface area contributed by atoms with E-state index in [1.165, 1.54) is 0 Å². The molecule has 8 heteroatoms. The summed E-state index contributed by atoms with van der Waals surface area (Å²) in [7, 11) is 0. The van der Waals surface area contributed by atoms with Gasteiger partial charge < -0.3 is 9.88 Å². The van der Waals surface area contributed by atoms with E-state index in [1.807, 2.05) is 24.3 Å². The molecule has 4 rings (SSSR count). The van der Waals surface area contributed by atoms with E-state index < -0.39 is 0 Å². The van der Waals surface area contributed by atoms with Gasteiger partial charge in [-0.25, -0.2) is 9.78 Å². The number of pyridine rings is 1. The highest BCUT2D eigenvalue weighted by Crippen LogP contribution is 2.27. The Morgan fingerprint density at radius 3 is 2.62 bits per heavy atom. The van der Waals surface area contributed by atoms with Crippen LogP contribution < -0.4 is 5.69 Å². The summed E-state index contributed by atoms with van der Waals surface area (Å²) in [6.07, 6.45) is 1.37. The summed E-state index contributed by atoms with van der Waals surface area (Å²) < 4.78 is 1.79. The molecule has 1 aromatic carbocycles. The molecular weight excluding hydrogens is 375 g/mol. The molecule has 3 aromatic rings. The van der Waals surface area contributed by atoms with Gasteiger partial charge in [-0.3, -0.25) is 9.36 Å². The number of nitrogens with zero attached hydrogens (tertiary/aromatic N) is 3. The number of likely N-dealkylation sites (tertiary alicyclic amines) is 1. The first-order valence-electron chi connectivity index (χ1n) is 8.35. The van der Waals surface area contributed by atoms with Crippen LogP contribution in [0.15, 0.2) is 41.2 Å². The van der Waals surface area contributed by atoms with Crippen molar-refractivity contribution < 1.29 is 4.79 Å². The zero-order valence-corrected chi connectivity index (χ0v) is 15.3. The van der Waals surface area contributed by atoms with Gasteiger partial charge in [-0.15, -0.1) is 0 Å². The Labute approximate surface area is 159 Å². The van der Waals surface area contributed by atoms with E-state index in [-0.39, 0.29) is 33.5 Å².